The fourth-order valence-corrected chi connectivity index (χ4v) is 3.40. The minimum absolute atomic E-state index is 0.187. The van der Waals surface area contributed by atoms with Crippen molar-refractivity contribution in [3.8, 4) is 0 Å². The van der Waals surface area contributed by atoms with E-state index in [2.05, 4.69) is 20.1 Å². The molecule has 8 nitrogen and oxygen atoms in total. The highest BCUT2D eigenvalue weighted by atomic mass is 32.2. The first-order valence-electron chi connectivity index (χ1n) is 8.20. The van der Waals surface area contributed by atoms with Crippen LogP contribution in [0, 0.1) is 6.92 Å². The van der Waals surface area contributed by atoms with Gasteiger partial charge >= 0.3 is 0 Å². The minimum atomic E-state index is -3.66. The number of nitrogens with one attached hydrogen (secondary N) is 2. The van der Waals surface area contributed by atoms with E-state index in [4.69, 9.17) is 0 Å². The largest absolute Gasteiger partial charge is 0.324 e. The molecule has 0 radical (unpaired) electrons. The highest BCUT2D eigenvalue weighted by molar-refractivity contribution is 7.92. The molecule has 0 unspecified atom stereocenters. The van der Waals surface area contributed by atoms with Crippen LogP contribution in [0.1, 0.15) is 18.5 Å². The highest BCUT2D eigenvalue weighted by Crippen LogP contribution is 2.19. The van der Waals surface area contributed by atoms with Gasteiger partial charge < -0.3 is 5.32 Å². The lowest BCUT2D eigenvalue weighted by Crippen LogP contribution is -2.24. The third-order valence-electron chi connectivity index (χ3n) is 3.95. The van der Waals surface area contributed by atoms with E-state index in [9.17, 15) is 13.2 Å². The highest BCUT2D eigenvalue weighted by Gasteiger charge is 2.16. The molecule has 3 rings (SSSR count). The quantitative estimate of drug-likeness (QED) is 0.678. The van der Waals surface area contributed by atoms with Gasteiger partial charge in [-0.2, -0.15) is 5.10 Å². The lowest BCUT2D eigenvalue weighted by molar-refractivity contribution is -0.119. The molecular weight excluding hydrogens is 366 g/mol. The van der Waals surface area contributed by atoms with Crippen molar-refractivity contribution in [2.24, 2.45) is 0 Å². The molecule has 0 aliphatic rings. The summed E-state index contributed by atoms with van der Waals surface area (Å²) in [5.41, 5.74) is 1.93. The summed E-state index contributed by atoms with van der Waals surface area (Å²) in [5.74, 6) is -0.256. The number of carbonyl (C=O) groups is 1. The summed E-state index contributed by atoms with van der Waals surface area (Å²) >= 11 is 0. The van der Waals surface area contributed by atoms with Crippen molar-refractivity contribution in [3.63, 3.8) is 0 Å². The lowest BCUT2D eigenvalue weighted by Gasteiger charge is -2.13. The van der Waals surface area contributed by atoms with E-state index in [1.165, 1.54) is 17.3 Å². The Morgan fingerprint density at radius 3 is 2.26 bits per heavy atom. The zero-order chi connectivity index (χ0) is 19.4. The first-order chi connectivity index (χ1) is 12.8. The number of amides is 1. The van der Waals surface area contributed by atoms with Crippen LogP contribution in [0.4, 0.5) is 11.4 Å². The van der Waals surface area contributed by atoms with Crippen LogP contribution in [0.3, 0.4) is 0 Å². The smallest absolute Gasteiger partial charge is 0.261 e. The van der Waals surface area contributed by atoms with Gasteiger partial charge in [-0.3, -0.25) is 9.52 Å². The first-order valence-corrected chi connectivity index (χ1v) is 9.68. The van der Waals surface area contributed by atoms with E-state index in [-0.39, 0.29) is 10.8 Å². The van der Waals surface area contributed by atoms with E-state index >= 15 is 0 Å². The molecule has 1 amide bonds. The number of nitrogens with zero attached hydrogens (tertiary/aromatic N) is 3. The SMILES string of the molecule is Cc1ccc(S(=O)(=O)Nc2ccc(NC(=O)[C@@H](C)n3cncn3)cc2)cc1. The molecule has 27 heavy (non-hydrogen) atoms. The summed E-state index contributed by atoms with van der Waals surface area (Å²) in [4.78, 5) is 16.2. The van der Waals surface area contributed by atoms with Gasteiger partial charge in [-0.25, -0.2) is 18.1 Å². The summed E-state index contributed by atoms with van der Waals surface area (Å²) in [6, 6.07) is 12.5. The van der Waals surface area contributed by atoms with Crippen LogP contribution >= 0.6 is 0 Å². The van der Waals surface area contributed by atoms with Gasteiger partial charge in [0.15, 0.2) is 0 Å². The standard InChI is InChI=1S/C18H19N5O3S/c1-13-3-9-17(10-4-13)27(25,26)22-16-7-5-15(6-8-16)21-18(24)14(2)23-12-19-11-20-23/h3-12,14,22H,1-2H3,(H,21,24)/t14-/m1/s1. The van der Waals surface area contributed by atoms with Crippen LogP contribution in [0.5, 0.6) is 0 Å². The van der Waals surface area contributed by atoms with Crippen molar-refractivity contribution in [3.05, 3.63) is 66.7 Å². The number of benzene rings is 2. The number of sulfonamides is 1. The Morgan fingerprint density at radius 1 is 1.04 bits per heavy atom. The maximum Gasteiger partial charge on any atom is 0.261 e. The van der Waals surface area contributed by atoms with Gasteiger partial charge in [0.2, 0.25) is 5.91 Å². The van der Waals surface area contributed by atoms with E-state index in [0.717, 1.165) is 5.56 Å². The fourth-order valence-electron chi connectivity index (χ4n) is 2.34. The Bertz CT molecular complexity index is 1010. The molecule has 0 aliphatic heterocycles. The molecule has 1 atom stereocenters. The summed E-state index contributed by atoms with van der Waals surface area (Å²) in [6.45, 7) is 3.59. The predicted octanol–water partition coefficient (Wildman–Crippen LogP) is 2.59. The molecular formula is C18H19N5O3S. The van der Waals surface area contributed by atoms with E-state index < -0.39 is 16.1 Å². The van der Waals surface area contributed by atoms with Crippen molar-refractivity contribution in [2.75, 3.05) is 10.0 Å². The Labute approximate surface area is 157 Å². The number of hydrogen-bond donors (Lipinski definition) is 2. The summed E-state index contributed by atoms with van der Waals surface area (Å²) in [5, 5.41) is 6.69. The van der Waals surface area contributed by atoms with Crippen molar-refractivity contribution in [1.29, 1.82) is 0 Å². The Morgan fingerprint density at radius 2 is 1.67 bits per heavy atom. The fraction of sp³-hybridized carbons (Fsp3) is 0.167. The summed E-state index contributed by atoms with van der Waals surface area (Å²) < 4.78 is 28.8. The summed E-state index contributed by atoms with van der Waals surface area (Å²) in [6.07, 6.45) is 2.83. The van der Waals surface area contributed by atoms with Gasteiger partial charge in [0.1, 0.15) is 18.7 Å². The van der Waals surface area contributed by atoms with E-state index in [1.54, 1.807) is 55.5 Å². The molecule has 0 aliphatic carbocycles. The van der Waals surface area contributed by atoms with Gasteiger partial charge in [0.25, 0.3) is 10.0 Å². The molecule has 140 valence electrons. The molecule has 1 heterocycles. The third kappa shape index (κ3) is 4.50. The zero-order valence-corrected chi connectivity index (χ0v) is 15.6. The second kappa shape index (κ2) is 7.58. The van der Waals surface area contributed by atoms with Gasteiger partial charge in [-0.05, 0) is 50.2 Å². The van der Waals surface area contributed by atoms with Crippen LogP contribution in [-0.4, -0.2) is 29.1 Å². The number of aryl methyl sites for hydroxylation is 1. The Balaban J connectivity index is 1.66. The average Bonchev–Trinajstić information content (AvgIpc) is 3.17. The molecule has 2 aromatic carbocycles. The van der Waals surface area contributed by atoms with Crippen LogP contribution in [0.2, 0.25) is 0 Å². The normalized spacial score (nSPS) is 12.4. The minimum Gasteiger partial charge on any atom is -0.324 e. The van der Waals surface area contributed by atoms with Crippen LogP contribution in [0.25, 0.3) is 0 Å². The van der Waals surface area contributed by atoms with Gasteiger partial charge in [-0.1, -0.05) is 17.7 Å². The number of aromatic nitrogens is 3. The van der Waals surface area contributed by atoms with E-state index in [1.807, 2.05) is 6.92 Å². The van der Waals surface area contributed by atoms with E-state index in [0.29, 0.717) is 11.4 Å². The second-order valence-corrected chi connectivity index (χ2v) is 7.72. The van der Waals surface area contributed by atoms with Crippen LogP contribution in [0.15, 0.2) is 66.1 Å². The molecule has 1 aromatic heterocycles. The molecule has 0 saturated carbocycles. The zero-order valence-electron chi connectivity index (χ0n) is 14.8. The van der Waals surface area contributed by atoms with Crippen molar-refractivity contribution < 1.29 is 13.2 Å². The van der Waals surface area contributed by atoms with Crippen molar-refractivity contribution >= 4 is 27.3 Å². The van der Waals surface area contributed by atoms with Gasteiger partial charge in [-0.15, -0.1) is 0 Å². The number of hydrogen-bond acceptors (Lipinski definition) is 5. The molecule has 0 fully saturated rings. The third-order valence-corrected chi connectivity index (χ3v) is 5.35. The maximum atomic E-state index is 12.4. The monoisotopic (exact) mass is 385 g/mol. The molecule has 3 aromatic rings. The molecule has 9 heteroatoms. The van der Waals surface area contributed by atoms with Crippen LogP contribution < -0.4 is 10.0 Å². The Hall–Kier alpha value is -3.20. The second-order valence-electron chi connectivity index (χ2n) is 6.04. The van der Waals surface area contributed by atoms with Crippen LogP contribution in [-0.2, 0) is 14.8 Å². The first kappa shape index (κ1) is 18.6. The van der Waals surface area contributed by atoms with Gasteiger partial charge in [0, 0.05) is 11.4 Å². The van der Waals surface area contributed by atoms with Crippen molar-refractivity contribution in [2.45, 2.75) is 24.8 Å². The number of carbonyl (C=O) groups excluding carboxylic acids is 1. The maximum absolute atomic E-state index is 12.4. The molecule has 0 spiro atoms. The molecule has 2 N–H and O–H groups in total. The number of anilines is 2. The topological polar surface area (TPSA) is 106 Å². The molecule has 0 saturated heterocycles. The number of rotatable bonds is 6. The Kier molecular flexibility index (Phi) is 5.22. The average molecular weight is 385 g/mol. The lowest BCUT2D eigenvalue weighted by atomic mass is 10.2. The predicted molar refractivity (Wildman–Crippen MR) is 102 cm³/mol. The van der Waals surface area contributed by atoms with Crippen molar-refractivity contribution in [1.82, 2.24) is 14.8 Å². The summed E-state index contributed by atoms with van der Waals surface area (Å²) in [7, 11) is -3.66. The molecule has 0 bridgehead atoms. The van der Waals surface area contributed by atoms with Gasteiger partial charge in [0.05, 0.1) is 4.90 Å².